The van der Waals surface area contributed by atoms with Gasteiger partial charge in [0.15, 0.2) is 0 Å². The smallest absolute Gasteiger partial charge is 0.225 e. The van der Waals surface area contributed by atoms with Crippen LogP contribution < -0.4 is 5.73 Å². The van der Waals surface area contributed by atoms with Gasteiger partial charge in [-0.05, 0) is 38.0 Å². The molecule has 1 aliphatic heterocycles. The molecule has 2 rings (SSSR count). The fourth-order valence-electron chi connectivity index (χ4n) is 3.05. The van der Waals surface area contributed by atoms with E-state index in [1.807, 2.05) is 4.90 Å². The van der Waals surface area contributed by atoms with Gasteiger partial charge in [0, 0.05) is 38.8 Å². The van der Waals surface area contributed by atoms with E-state index in [0.29, 0.717) is 11.8 Å². The Morgan fingerprint density at radius 1 is 1.28 bits per heavy atom. The Bertz CT molecular complexity index is 268. The number of carbonyl (C=O) groups excluding carboxylic acids is 1. The van der Waals surface area contributed by atoms with E-state index in [4.69, 9.17) is 10.5 Å². The van der Waals surface area contributed by atoms with Gasteiger partial charge in [0.25, 0.3) is 0 Å². The van der Waals surface area contributed by atoms with E-state index >= 15 is 0 Å². The molecule has 0 aromatic carbocycles. The average Bonchev–Trinajstić information content (AvgIpc) is 2.76. The number of halogens is 1. The largest absolute Gasteiger partial charge is 0.384 e. The van der Waals surface area contributed by atoms with E-state index in [9.17, 15) is 4.79 Å². The van der Waals surface area contributed by atoms with Crippen molar-refractivity contribution in [3.8, 4) is 0 Å². The van der Waals surface area contributed by atoms with Gasteiger partial charge in [-0.3, -0.25) is 4.79 Å². The molecular formula is C13H25ClN2O2. The number of likely N-dealkylation sites (tertiary alicyclic amines) is 1. The van der Waals surface area contributed by atoms with Crippen molar-refractivity contribution in [2.45, 2.75) is 38.1 Å². The van der Waals surface area contributed by atoms with E-state index in [1.165, 1.54) is 0 Å². The van der Waals surface area contributed by atoms with Crippen LogP contribution in [0.25, 0.3) is 0 Å². The zero-order valence-electron chi connectivity index (χ0n) is 11.1. The highest BCUT2D eigenvalue weighted by Crippen LogP contribution is 2.28. The molecular weight excluding hydrogens is 252 g/mol. The highest BCUT2D eigenvalue weighted by atomic mass is 35.5. The predicted molar refractivity (Wildman–Crippen MR) is 73.7 cm³/mol. The summed E-state index contributed by atoms with van der Waals surface area (Å²) in [5.74, 6) is 1.17. The minimum absolute atomic E-state index is 0. The molecule has 5 heteroatoms. The highest BCUT2D eigenvalue weighted by molar-refractivity contribution is 5.85. The molecule has 0 aromatic rings. The van der Waals surface area contributed by atoms with Crippen LogP contribution in [0.5, 0.6) is 0 Å². The lowest BCUT2D eigenvalue weighted by atomic mass is 9.96. The Labute approximate surface area is 116 Å². The number of methoxy groups -OCH3 is 1. The van der Waals surface area contributed by atoms with E-state index in [1.54, 1.807) is 7.11 Å². The maximum atomic E-state index is 12.2. The second-order valence-corrected chi connectivity index (χ2v) is 5.49. The van der Waals surface area contributed by atoms with Gasteiger partial charge in [0.1, 0.15) is 0 Å². The van der Waals surface area contributed by atoms with Crippen molar-refractivity contribution in [3.05, 3.63) is 0 Å². The zero-order valence-corrected chi connectivity index (χ0v) is 12.0. The summed E-state index contributed by atoms with van der Waals surface area (Å²) in [5, 5.41) is 0. The van der Waals surface area contributed by atoms with Crippen LogP contribution in [0, 0.1) is 11.8 Å². The van der Waals surface area contributed by atoms with Crippen LogP contribution in [0.1, 0.15) is 32.1 Å². The Balaban J connectivity index is 0.00000162. The van der Waals surface area contributed by atoms with Crippen molar-refractivity contribution in [1.29, 1.82) is 0 Å². The van der Waals surface area contributed by atoms with Crippen molar-refractivity contribution < 1.29 is 9.53 Å². The number of piperidine rings is 1. The first-order chi connectivity index (χ1) is 8.20. The zero-order chi connectivity index (χ0) is 12.3. The van der Waals surface area contributed by atoms with Crippen LogP contribution in [0.2, 0.25) is 0 Å². The molecule has 1 heterocycles. The Morgan fingerprint density at radius 3 is 2.44 bits per heavy atom. The number of nitrogens with two attached hydrogens (primary N) is 1. The molecule has 2 N–H and O–H groups in total. The monoisotopic (exact) mass is 276 g/mol. The fourth-order valence-corrected chi connectivity index (χ4v) is 3.05. The van der Waals surface area contributed by atoms with Gasteiger partial charge < -0.3 is 15.4 Å². The number of nitrogens with zero attached hydrogens (tertiary/aromatic N) is 1. The van der Waals surface area contributed by atoms with Crippen LogP contribution in [-0.4, -0.2) is 43.7 Å². The molecule has 0 aromatic heterocycles. The Hall–Kier alpha value is -0.320. The summed E-state index contributed by atoms with van der Waals surface area (Å²) in [6.45, 7) is 2.63. The third-order valence-electron chi connectivity index (χ3n) is 4.15. The molecule has 2 aliphatic rings. The molecule has 1 aliphatic carbocycles. The topological polar surface area (TPSA) is 55.6 Å². The third kappa shape index (κ3) is 3.84. The number of hydrogen-bond acceptors (Lipinski definition) is 3. The predicted octanol–water partition coefficient (Wildman–Crippen LogP) is 1.42. The highest BCUT2D eigenvalue weighted by Gasteiger charge is 2.32. The minimum atomic E-state index is 0. The molecule has 2 fully saturated rings. The lowest BCUT2D eigenvalue weighted by Crippen LogP contribution is -2.42. The third-order valence-corrected chi connectivity index (χ3v) is 4.15. The summed E-state index contributed by atoms with van der Waals surface area (Å²) in [6, 6.07) is 0.245. The van der Waals surface area contributed by atoms with Crippen LogP contribution in [0.15, 0.2) is 0 Å². The number of rotatable bonds is 3. The molecule has 0 spiro atoms. The van der Waals surface area contributed by atoms with Gasteiger partial charge in [0.05, 0.1) is 0 Å². The van der Waals surface area contributed by atoms with Crippen molar-refractivity contribution >= 4 is 18.3 Å². The quantitative estimate of drug-likeness (QED) is 0.848. The van der Waals surface area contributed by atoms with Crippen molar-refractivity contribution in [2.75, 3.05) is 26.8 Å². The summed E-state index contributed by atoms with van der Waals surface area (Å²) < 4.78 is 5.17. The first-order valence-electron chi connectivity index (χ1n) is 6.74. The molecule has 1 saturated heterocycles. The van der Waals surface area contributed by atoms with E-state index in [2.05, 4.69) is 0 Å². The molecule has 18 heavy (non-hydrogen) atoms. The molecule has 2 atom stereocenters. The Kier molecular flexibility index (Phi) is 6.39. The van der Waals surface area contributed by atoms with Crippen LogP contribution in [-0.2, 0) is 9.53 Å². The molecule has 4 nitrogen and oxygen atoms in total. The summed E-state index contributed by atoms with van der Waals surface area (Å²) in [7, 11) is 1.75. The number of amides is 1. The Morgan fingerprint density at radius 2 is 1.94 bits per heavy atom. The molecule has 106 valence electrons. The standard InChI is InChI=1S/C13H24N2O2.ClH/c1-17-9-10-4-6-15(7-5-10)13(16)11-2-3-12(14)8-11;/h10-12H,2-9,14H2,1H3;1H. The van der Waals surface area contributed by atoms with Crippen molar-refractivity contribution in [2.24, 2.45) is 17.6 Å². The van der Waals surface area contributed by atoms with E-state index in [-0.39, 0.29) is 24.4 Å². The van der Waals surface area contributed by atoms with Gasteiger partial charge in [-0.2, -0.15) is 0 Å². The summed E-state index contributed by atoms with van der Waals surface area (Å²) in [5.41, 5.74) is 5.87. The minimum Gasteiger partial charge on any atom is -0.384 e. The first-order valence-corrected chi connectivity index (χ1v) is 6.74. The summed E-state index contributed by atoms with van der Waals surface area (Å²) >= 11 is 0. The van der Waals surface area contributed by atoms with Crippen LogP contribution in [0.3, 0.4) is 0 Å². The summed E-state index contributed by atoms with van der Waals surface area (Å²) in [6.07, 6.45) is 5.04. The van der Waals surface area contributed by atoms with Gasteiger partial charge in [-0.25, -0.2) is 0 Å². The number of carbonyl (C=O) groups is 1. The van der Waals surface area contributed by atoms with Gasteiger partial charge in [0.2, 0.25) is 5.91 Å². The van der Waals surface area contributed by atoms with Gasteiger partial charge >= 0.3 is 0 Å². The normalized spacial score (nSPS) is 29.1. The van der Waals surface area contributed by atoms with Crippen LogP contribution in [0.4, 0.5) is 0 Å². The first kappa shape index (κ1) is 15.7. The van der Waals surface area contributed by atoms with E-state index < -0.39 is 0 Å². The van der Waals surface area contributed by atoms with Gasteiger partial charge in [-0.1, -0.05) is 0 Å². The number of ether oxygens (including phenoxy) is 1. The van der Waals surface area contributed by atoms with Gasteiger partial charge in [-0.15, -0.1) is 12.4 Å². The average molecular weight is 277 g/mol. The molecule has 1 saturated carbocycles. The SMILES string of the molecule is COCC1CCN(C(=O)C2CCC(N)C2)CC1.Cl. The van der Waals surface area contributed by atoms with E-state index in [0.717, 1.165) is 51.8 Å². The lowest BCUT2D eigenvalue weighted by Gasteiger charge is -2.33. The molecule has 1 amide bonds. The summed E-state index contributed by atoms with van der Waals surface area (Å²) in [4.78, 5) is 14.3. The van der Waals surface area contributed by atoms with Crippen molar-refractivity contribution in [3.63, 3.8) is 0 Å². The van der Waals surface area contributed by atoms with Crippen LogP contribution >= 0.6 is 12.4 Å². The second-order valence-electron chi connectivity index (χ2n) is 5.49. The lowest BCUT2D eigenvalue weighted by molar-refractivity contribution is -0.137. The number of hydrogen-bond donors (Lipinski definition) is 1. The maximum absolute atomic E-state index is 12.2. The fraction of sp³-hybridized carbons (Fsp3) is 0.923. The second kappa shape index (κ2) is 7.31. The van der Waals surface area contributed by atoms with Crippen molar-refractivity contribution in [1.82, 2.24) is 4.90 Å². The molecule has 0 radical (unpaired) electrons. The molecule has 2 unspecified atom stereocenters. The molecule has 0 bridgehead atoms. The maximum Gasteiger partial charge on any atom is 0.225 e.